The molecule has 5 rings (SSSR count). The Bertz CT molecular complexity index is 1100. The first-order valence-corrected chi connectivity index (χ1v) is 10.5. The van der Waals surface area contributed by atoms with Crippen LogP contribution >= 0.6 is 0 Å². The van der Waals surface area contributed by atoms with E-state index in [9.17, 15) is 0 Å². The molecule has 30 heavy (non-hydrogen) atoms. The Morgan fingerprint density at radius 1 is 0.967 bits per heavy atom. The normalized spacial score (nSPS) is 19.1. The van der Waals surface area contributed by atoms with Crippen molar-refractivity contribution in [1.82, 2.24) is 19.6 Å². The van der Waals surface area contributed by atoms with Gasteiger partial charge in [-0.25, -0.2) is 9.50 Å². The molecule has 6 heteroatoms. The largest absolute Gasteiger partial charge is 0.371 e. The van der Waals surface area contributed by atoms with Crippen molar-refractivity contribution < 1.29 is 4.74 Å². The van der Waals surface area contributed by atoms with Gasteiger partial charge in [-0.1, -0.05) is 43.2 Å². The highest BCUT2D eigenvalue weighted by Gasteiger charge is 2.26. The Kier molecular flexibility index (Phi) is 5.40. The number of hydrogen-bond acceptors (Lipinski definition) is 5. The standard InChI is InChI=1S/C24H25N5O/c1-2-6-18(7-3-1)17-30-22-9-5-4-8-20(22)27-23-10-11-24-26-16-21(29(24)28-23)19-12-14-25-15-13-19/h1-3,6-7,10-16,20,22H,4-5,8-9,17H2,(H,27,28)/t20-,22-/m0/s1. The first-order chi connectivity index (χ1) is 14.9. The van der Waals surface area contributed by atoms with Crippen LogP contribution in [0, 0.1) is 0 Å². The molecule has 6 nitrogen and oxygen atoms in total. The summed E-state index contributed by atoms with van der Waals surface area (Å²) in [7, 11) is 0. The maximum atomic E-state index is 6.30. The molecule has 1 aromatic carbocycles. The van der Waals surface area contributed by atoms with Gasteiger partial charge in [0.1, 0.15) is 5.82 Å². The van der Waals surface area contributed by atoms with Gasteiger partial charge in [0.15, 0.2) is 5.65 Å². The SMILES string of the molecule is c1ccc(CO[C@H]2CCCC[C@@H]2Nc2ccc3ncc(-c4ccncc4)n3n2)cc1. The quantitative estimate of drug-likeness (QED) is 0.508. The summed E-state index contributed by atoms with van der Waals surface area (Å²) in [5.41, 5.74) is 4.04. The summed E-state index contributed by atoms with van der Waals surface area (Å²) in [6, 6.07) is 18.6. The van der Waals surface area contributed by atoms with Gasteiger partial charge in [0, 0.05) is 18.0 Å². The van der Waals surface area contributed by atoms with Crippen LogP contribution in [0.5, 0.6) is 0 Å². The second-order valence-electron chi connectivity index (χ2n) is 7.74. The van der Waals surface area contributed by atoms with Crippen molar-refractivity contribution in [2.24, 2.45) is 0 Å². The minimum absolute atomic E-state index is 0.180. The number of fused-ring (bicyclic) bond motifs is 1. The summed E-state index contributed by atoms with van der Waals surface area (Å²) in [5.74, 6) is 0.844. The molecule has 1 N–H and O–H groups in total. The molecule has 3 heterocycles. The molecule has 0 unspecified atom stereocenters. The van der Waals surface area contributed by atoms with Crippen LogP contribution in [0.1, 0.15) is 31.2 Å². The van der Waals surface area contributed by atoms with E-state index in [0.717, 1.165) is 35.6 Å². The lowest BCUT2D eigenvalue weighted by molar-refractivity contribution is 0.00874. The van der Waals surface area contributed by atoms with Crippen LogP contribution in [0.2, 0.25) is 0 Å². The molecule has 0 saturated heterocycles. The Morgan fingerprint density at radius 3 is 2.67 bits per heavy atom. The van der Waals surface area contributed by atoms with Crippen LogP contribution in [-0.4, -0.2) is 31.7 Å². The fourth-order valence-electron chi connectivity index (χ4n) is 4.10. The van der Waals surface area contributed by atoms with E-state index in [1.807, 2.05) is 41.0 Å². The van der Waals surface area contributed by atoms with E-state index < -0.39 is 0 Å². The lowest BCUT2D eigenvalue weighted by Gasteiger charge is -2.32. The first kappa shape index (κ1) is 18.8. The van der Waals surface area contributed by atoms with E-state index >= 15 is 0 Å². The summed E-state index contributed by atoms with van der Waals surface area (Å²) in [4.78, 5) is 8.59. The van der Waals surface area contributed by atoms with Crippen LogP contribution in [0.15, 0.2) is 73.2 Å². The van der Waals surface area contributed by atoms with Gasteiger partial charge in [-0.3, -0.25) is 4.98 Å². The zero-order valence-corrected chi connectivity index (χ0v) is 16.8. The van der Waals surface area contributed by atoms with Crippen molar-refractivity contribution in [1.29, 1.82) is 0 Å². The highest BCUT2D eigenvalue weighted by atomic mass is 16.5. The summed E-state index contributed by atoms with van der Waals surface area (Å²) in [5, 5.41) is 8.46. The molecule has 1 aliphatic rings. The predicted molar refractivity (Wildman–Crippen MR) is 117 cm³/mol. The molecule has 152 valence electrons. The number of aromatic nitrogens is 4. The third-order valence-electron chi connectivity index (χ3n) is 5.68. The number of nitrogens with zero attached hydrogens (tertiary/aromatic N) is 4. The van der Waals surface area contributed by atoms with E-state index in [1.54, 1.807) is 12.4 Å². The van der Waals surface area contributed by atoms with Crippen molar-refractivity contribution in [2.45, 2.75) is 44.4 Å². The topological polar surface area (TPSA) is 64.3 Å². The monoisotopic (exact) mass is 399 g/mol. The Balaban J connectivity index is 1.34. The van der Waals surface area contributed by atoms with Crippen molar-refractivity contribution in [3.63, 3.8) is 0 Å². The van der Waals surface area contributed by atoms with Crippen LogP contribution in [-0.2, 0) is 11.3 Å². The molecule has 0 aliphatic heterocycles. The van der Waals surface area contributed by atoms with E-state index in [-0.39, 0.29) is 12.1 Å². The van der Waals surface area contributed by atoms with Crippen LogP contribution in [0.3, 0.4) is 0 Å². The molecule has 2 atom stereocenters. The molecule has 0 amide bonds. The lowest BCUT2D eigenvalue weighted by atomic mass is 9.92. The van der Waals surface area contributed by atoms with Gasteiger partial charge in [-0.05, 0) is 42.7 Å². The van der Waals surface area contributed by atoms with E-state index in [0.29, 0.717) is 6.61 Å². The van der Waals surface area contributed by atoms with Crippen LogP contribution in [0.25, 0.3) is 16.9 Å². The number of hydrogen-bond donors (Lipinski definition) is 1. The number of anilines is 1. The van der Waals surface area contributed by atoms with Crippen molar-refractivity contribution in [3.05, 3.63) is 78.8 Å². The van der Waals surface area contributed by atoms with Crippen LogP contribution in [0.4, 0.5) is 5.82 Å². The predicted octanol–water partition coefficient (Wildman–Crippen LogP) is 4.73. The zero-order valence-electron chi connectivity index (χ0n) is 16.8. The number of benzene rings is 1. The van der Waals surface area contributed by atoms with Crippen molar-refractivity contribution in [3.8, 4) is 11.3 Å². The molecule has 1 fully saturated rings. The van der Waals surface area contributed by atoms with Gasteiger partial charge in [-0.15, -0.1) is 5.10 Å². The van der Waals surface area contributed by atoms with E-state index in [2.05, 4.69) is 39.6 Å². The fourth-order valence-corrected chi connectivity index (χ4v) is 4.10. The second-order valence-corrected chi connectivity index (χ2v) is 7.74. The van der Waals surface area contributed by atoms with Gasteiger partial charge in [0.25, 0.3) is 0 Å². The molecule has 0 spiro atoms. The van der Waals surface area contributed by atoms with Crippen molar-refractivity contribution in [2.75, 3.05) is 5.32 Å². The number of imidazole rings is 1. The van der Waals surface area contributed by atoms with Gasteiger partial charge in [-0.2, -0.15) is 0 Å². The Morgan fingerprint density at radius 2 is 1.80 bits per heavy atom. The molecule has 1 aliphatic carbocycles. The number of nitrogens with one attached hydrogen (secondary N) is 1. The average Bonchev–Trinajstić information content (AvgIpc) is 3.23. The first-order valence-electron chi connectivity index (χ1n) is 10.5. The summed E-state index contributed by atoms with van der Waals surface area (Å²) < 4.78 is 8.19. The highest BCUT2D eigenvalue weighted by Crippen LogP contribution is 2.26. The third-order valence-corrected chi connectivity index (χ3v) is 5.68. The lowest BCUT2D eigenvalue weighted by Crippen LogP contribution is -2.38. The smallest absolute Gasteiger partial charge is 0.154 e. The minimum atomic E-state index is 0.180. The van der Waals surface area contributed by atoms with E-state index in [4.69, 9.17) is 9.84 Å². The zero-order chi connectivity index (χ0) is 20.2. The number of pyridine rings is 1. The summed E-state index contributed by atoms with van der Waals surface area (Å²) in [6.07, 6.45) is 10.2. The second kappa shape index (κ2) is 8.63. The summed E-state index contributed by atoms with van der Waals surface area (Å²) >= 11 is 0. The maximum Gasteiger partial charge on any atom is 0.154 e. The van der Waals surface area contributed by atoms with Gasteiger partial charge >= 0.3 is 0 Å². The van der Waals surface area contributed by atoms with E-state index in [1.165, 1.54) is 18.4 Å². The number of rotatable bonds is 6. The third kappa shape index (κ3) is 4.04. The fraction of sp³-hybridized carbons (Fsp3) is 0.292. The van der Waals surface area contributed by atoms with Gasteiger partial charge in [0.2, 0.25) is 0 Å². The molecule has 0 radical (unpaired) electrons. The van der Waals surface area contributed by atoms with Crippen molar-refractivity contribution >= 4 is 11.5 Å². The Hall–Kier alpha value is -3.25. The molecular formula is C24H25N5O. The van der Waals surface area contributed by atoms with Gasteiger partial charge < -0.3 is 10.1 Å². The highest BCUT2D eigenvalue weighted by molar-refractivity contribution is 5.63. The number of ether oxygens (including phenoxy) is 1. The van der Waals surface area contributed by atoms with Crippen LogP contribution < -0.4 is 5.32 Å². The summed E-state index contributed by atoms with van der Waals surface area (Å²) in [6.45, 7) is 0.643. The molecule has 0 bridgehead atoms. The molecule has 3 aromatic heterocycles. The maximum absolute atomic E-state index is 6.30. The molecule has 1 saturated carbocycles. The minimum Gasteiger partial charge on any atom is -0.371 e. The average molecular weight is 399 g/mol. The Labute approximate surface area is 176 Å². The molecular weight excluding hydrogens is 374 g/mol. The molecule has 4 aromatic rings. The van der Waals surface area contributed by atoms with Gasteiger partial charge in [0.05, 0.1) is 30.6 Å².